The van der Waals surface area contributed by atoms with Crippen LogP contribution in [0.2, 0.25) is 0 Å². The summed E-state index contributed by atoms with van der Waals surface area (Å²) in [5.41, 5.74) is 0.241. The minimum atomic E-state index is -1.26. The molecule has 0 saturated heterocycles. The molecule has 2 aromatic heterocycles. The molecule has 0 amide bonds. The van der Waals surface area contributed by atoms with Crippen LogP contribution in [0, 0.1) is 0 Å². The molecule has 0 fully saturated rings. The van der Waals surface area contributed by atoms with E-state index in [0.29, 0.717) is 17.8 Å². The number of aromatic nitrogens is 2. The molecule has 0 saturated carbocycles. The number of carboxylic acids is 1. The quantitative estimate of drug-likeness (QED) is 0.848. The zero-order valence-electron chi connectivity index (χ0n) is 10.7. The summed E-state index contributed by atoms with van der Waals surface area (Å²) >= 11 is 0. The summed E-state index contributed by atoms with van der Waals surface area (Å²) in [7, 11) is 0. The molecule has 0 aliphatic carbocycles. The van der Waals surface area contributed by atoms with Crippen molar-refractivity contribution in [3.8, 4) is 11.4 Å². The Kier molecular flexibility index (Phi) is 4.27. The third kappa shape index (κ3) is 2.75. The van der Waals surface area contributed by atoms with Crippen molar-refractivity contribution in [1.29, 1.82) is 0 Å². The molecule has 0 aliphatic heterocycles. The van der Waals surface area contributed by atoms with Crippen molar-refractivity contribution in [3.05, 3.63) is 52.4 Å². The number of aliphatic hydroxyl groups excluding tert-OH is 1. The Labute approximate surface area is 115 Å². The molecule has 2 heterocycles. The van der Waals surface area contributed by atoms with Gasteiger partial charge in [-0.25, -0.2) is 4.79 Å². The molecule has 6 heteroatoms. The van der Waals surface area contributed by atoms with Gasteiger partial charge in [0.1, 0.15) is 5.56 Å². The van der Waals surface area contributed by atoms with Gasteiger partial charge >= 0.3 is 5.97 Å². The lowest BCUT2D eigenvalue weighted by atomic mass is 10.2. The van der Waals surface area contributed by atoms with Gasteiger partial charge in [0.2, 0.25) is 0 Å². The monoisotopic (exact) mass is 274 g/mol. The summed E-state index contributed by atoms with van der Waals surface area (Å²) in [6.45, 7) is 0.160. The van der Waals surface area contributed by atoms with Gasteiger partial charge in [-0.2, -0.15) is 0 Å². The van der Waals surface area contributed by atoms with E-state index in [-0.39, 0.29) is 18.7 Å². The first-order chi connectivity index (χ1) is 9.65. The van der Waals surface area contributed by atoms with E-state index in [9.17, 15) is 9.59 Å². The van der Waals surface area contributed by atoms with Gasteiger partial charge in [0.25, 0.3) is 5.56 Å². The second-order valence-electron chi connectivity index (χ2n) is 4.19. The minimum absolute atomic E-state index is 0.0780. The van der Waals surface area contributed by atoms with Crippen LogP contribution in [0.4, 0.5) is 0 Å². The summed E-state index contributed by atoms with van der Waals surface area (Å²) in [5, 5.41) is 17.9. The minimum Gasteiger partial charge on any atom is -0.477 e. The zero-order valence-corrected chi connectivity index (χ0v) is 10.7. The average molecular weight is 274 g/mol. The van der Waals surface area contributed by atoms with Crippen LogP contribution in [-0.4, -0.2) is 32.3 Å². The lowest BCUT2D eigenvalue weighted by Gasteiger charge is -2.12. The fourth-order valence-corrected chi connectivity index (χ4v) is 1.93. The second kappa shape index (κ2) is 6.12. The number of rotatable bonds is 5. The molecule has 20 heavy (non-hydrogen) atoms. The number of aliphatic hydroxyl groups is 1. The molecule has 0 aromatic carbocycles. The maximum absolute atomic E-state index is 12.2. The number of carboxylic acid groups (broad SMARTS) is 1. The van der Waals surface area contributed by atoms with E-state index >= 15 is 0 Å². The summed E-state index contributed by atoms with van der Waals surface area (Å²) in [5.74, 6) is -1.26. The lowest BCUT2D eigenvalue weighted by molar-refractivity contribution is 0.0694. The predicted molar refractivity (Wildman–Crippen MR) is 72.6 cm³/mol. The molecule has 2 rings (SSSR count). The first-order valence-corrected chi connectivity index (χ1v) is 6.14. The molecule has 0 unspecified atom stereocenters. The maximum atomic E-state index is 12.2. The highest BCUT2D eigenvalue weighted by Crippen LogP contribution is 2.15. The van der Waals surface area contributed by atoms with Crippen molar-refractivity contribution >= 4 is 5.97 Å². The predicted octanol–water partition coefficient (Wildman–Crippen LogP) is 0.991. The third-order valence-electron chi connectivity index (χ3n) is 2.87. The van der Waals surface area contributed by atoms with E-state index in [4.69, 9.17) is 10.2 Å². The van der Waals surface area contributed by atoms with Crippen LogP contribution in [0.3, 0.4) is 0 Å². The molecule has 0 atom stereocenters. The Hall–Kier alpha value is -2.47. The van der Waals surface area contributed by atoms with Crippen molar-refractivity contribution < 1.29 is 15.0 Å². The van der Waals surface area contributed by atoms with Crippen molar-refractivity contribution in [2.24, 2.45) is 0 Å². The van der Waals surface area contributed by atoms with Crippen LogP contribution >= 0.6 is 0 Å². The normalized spacial score (nSPS) is 10.4. The number of nitrogens with zero attached hydrogens (tertiary/aromatic N) is 2. The van der Waals surface area contributed by atoms with Gasteiger partial charge < -0.3 is 14.8 Å². The molecule has 0 bridgehead atoms. The SMILES string of the molecule is O=C(O)c1ccc(-c2ccccn2)n(CCCO)c1=O. The molecular formula is C14H14N2O4. The molecule has 2 N–H and O–H groups in total. The third-order valence-corrected chi connectivity index (χ3v) is 2.87. The highest BCUT2D eigenvalue weighted by Gasteiger charge is 2.15. The Bertz CT molecular complexity index is 665. The molecule has 0 radical (unpaired) electrons. The topological polar surface area (TPSA) is 92.4 Å². The Morgan fingerprint density at radius 1 is 1.25 bits per heavy atom. The standard InChI is InChI=1S/C14H14N2O4/c17-9-3-8-16-12(11-4-1-2-7-15-11)6-5-10(13(16)18)14(19)20/h1-2,4-7,17H,3,8-9H2,(H,19,20). The summed E-state index contributed by atoms with van der Waals surface area (Å²) in [6.07, 6.45) is 1.96. The lowest BCUT2D eigenvalue weighted by Crippen LogP contribution is -2.28. The van der Waals surface area contributed by atoms with Gasteiger partial charge in [0.15, 0.2) is 0 Å². The molecule has 104 valence electrons. The first kappa shape index (κ1) is 14.0. The first-order valence-electron chi connectivity index (χ1n) is 6.14. The highest BCUT2D eigenvalue weighted by atomic mass is 16.4. The van der Waals surface area contributed by atoms with Gasteiger partial charge in [-0.15, -0.1) is 0 Å². The van der Waals surface area contributed by atoms with Crippen LogP contribution in [0.1, 0.15) is 16.8 Å². The van der Waals surface area contributed by atoms with Crippen molar-refractivity contribution in [2.75, 3.05) is 6.61 Å². The van der Waals surface area contributed by atoms with Gasteiger partial charge in [-0.1, -0.05) is 6.07 Å². The number of carbonyl (C=O) groups is 1. The van der Waals surface area contributed by atoms with Gasteiger partial charge in [-0.05, 0) is 30.7 Å². The molecular weight excluding hydrogens is 260 g/mol. The molecule has 6 nitrogen and oxygen atoms in total. The van der Waals surface area contributed by atoms with Crippen LogP contribution < -0.4 is 5.56 Å². The smallest absolute Gasteiger partial charge is 0.341 e. The van der Waals surface area contributed by atoms with E-state index in [2.05, 4.69) is 4.98 Å². The fraction of sp³-hybridized carbons (Fsp3) is 0.214. The van der Waals surface area contributed by atoms with Crippen LogP contribution in [0.5, 0.6) is 0 Å². The molecule has 2 aromatic rings. The maximum Gasteiger partial charge on any atom is 0.341 e. The highest BCUT2D eigenvalue weighted by molar-refractivity contribution is 5.87. The zero-order chi connectivity index (χ0) is 14.5. The Balaban J connectivity index is 2.60. The van der Waals surface area contributed by atoms with Crippen molar-refractivity contribution in [2.45, 2.75) is 13.0 Å². The van der Waals surface area contributed by atoms with Crippen LogP contribution in [0.25, 0.3) is 11.4 Å². The van der Waals surface area contributed by atoms with Crippen molar-refractivity contribution in [3.63, 3.8) is 0 Å². The van der Waals surface area contributed by atoms with Gasteiger partial charge in [0, 0.05) is 19.3 Å². The van der Waals surface area contributed by atoms with Crippen LogP contribution in [-0.2, 0) is 6.54 Å². The number of hydrogen-bond donors (Lipinski definition) is 2. The Morgan fingerprint density at radius 3 is 2.65 bits per heavy atom. The van der Waals surface area contributed by atoms with E-state index in [1.54, 1.807) is 30.5 Å². The fourth-order valence-electron chi connectivity index (χ4n) is 1.93. The largest absolute Gasteiger partial charge is 0.477 e. The number of aromatic carboxylic acids is 1. The summed E-state index contributed by atoms with van der Waals surface area (Å²) in [6, 6.07) is 8.12. The van der Waals surface area contributed by atoms with E-state index in [1.165, 1.54) is 10.6 Å². The van der Waals surface area contributed by atoms with Gasteiger partial charge in [-0.3, -0.25) is 9.78 Å². The van der Waals surface area contributed by atoms with E-state index in [1.807, 2.05) is 0 Å². The van der Waals surface area contributed by atoms with Gasteiger partial charge in [0.05, 0.1) is 11.4 Å². The Morgan fingerprint density at radius 2 is 2.05 bits per heavy atom. The summed E-state index contributed by atoms with van der Waals surface area (Å²) in [4.78, 5) is 27.4. The van der Waals surface area contributed by atoms with E-state index in [0.717, 1.165) is 0 Å². The van der Waals surface area contributed by atoms with E-state index < -0.39 is 11.5 Å². The summed E-state index contributed by atoms with van der Waals surface area (Å²) < 4.78 is 1.34. The number of pyridine rings is 2. The second-order valence-corrected chi connectivity index (χ2v) is 4.19. The molecule has 0 aliphatic rings. The number of hydrogen-bond acceptors (Lipinski definition) is 4. The van der Waals surface area contributed by atoms with Crippen LogP contribution in [0.15, 0.2) is 41.3 Å². The average Bonchev–Trinajstić information content (AvgIpc) is 2.46. The molecule has 0 spiro atoms. The van der Waals surface area contributed by atoms with Crippen molar-refractivity contribution in [1.82, 2.24) is 9.55 Å².